The summed E-state index contributed by atoms with van der Waals surface area (Å²) in [7, 11) is 0. The molecule has 15 saturated carbocycles. The summed E-state index contributed by atoms with van der Waals surface area (Å²) >= 11 is 0. The van der Waals surface area contributed by atoms with Crippen molar-refractivity contribution in [3.63, 3.8) is 0 Å². The molecule has 103 heavy (non-hydrogen) atoms. The number of hydrogen-bond donors (Lipinski definition) is 5. The number of ether oxygens (including phenoxy) is 2. The lowest BCUT2D eigenvalue weighted by atomic mass is 9.49. The van der Waals surface area contributed by atoms with E-state index in [1.807, 2.05) is 96.9 Å². The molecule has 16 bridgehead atoms. The Morgan fingerprint density at radius 2 is 0.767 bits per heavy atom. The van der Waals surface area contributed by atoms with Crippen LogP contribution in [0.3, 0.4) is 0 Å². The molecule has 10 amide bonds. The molecule has 0 aromatic carbocycles. The van der Waals surface area contributed by atoms with E-state index in [1.54, 1.807) is 27.7 Å². The van der Waals surface area contributed by atoms with Crippen molar-refractivity contribution in [2.45, 2.75) is 323 Å². The summed E-state index contributed by atoms with van der Waals surface area (Å²) in [5.41, 5.74) is -5.42. The van der Waals surface area contributed by atoms with E-state index >= 15 is 0 Å². The van der Waals surface area contributed by atoms with E-state index in [1.165, 1.54) is 96.3 Å². The Labute approximate surface area is 616 Å². The van der Waals surface area contributed by atoms with E-state index in [4.69, 9.17) is 9.47 Å². The first kappa shape index (κ1) is 81.7. The van der Waals surface area contributed by atoms with Crippen LogP contribution in [0.4, 0.5) is 0 Å². The number of imide groups is 5. The molecule has 1 aliphatic heterocycles. The van der Waals surface area contributed by atoms with Gasteiger partial charge in [0, 0.05) is 39.4 Å². The smallest absolute Gasteiger partial charge is 0.313 e. The minimum absolute atomic E-state index is 0.0243. The molecule has 15 aliphatic carbocycles. The van der Waals surface area contributed by atoms with Crippen molar-refractivity contribution in [1.29, 1.82) is 0 Å². The average Bonchev–Trinajstić information content (AvgIpc) is 1.52. The van der Waals surface area contributed by atoms with Gasteiger partial charge in [-0.3, -0.25) is 84.1 Å². The maximum absolute atomic E-state index is 12.7. The Hall–Kier alpha value is -5.36. The molecule has 1 saturated heterocycles. The van der Waals surface area contributed by atoms with Crippen LogP contribution in [0.5, 0.6) is 0 Å². The summed E-state index contributed by atoms with van der Waals surface area (Å²) in [6, 6.07) is 0. The van der Waals surface area contributed by atoms with Crippen molar-refractivity contribution in [3.8, 4) is 0 Å². The van der Waals surface area contributed by atoms with Crippen molar-refractivity contribution < 1.29 is 67.0 Å². The maximum Gasteiger partial charge on any atom is 0.313 e. The number of nitrogens with one attached hydrogen (secondary N) is 5. The number of carbonyl (C=O) groups is 12. The lowest BCUT2D eigenvalue weighted by molar-refractivity contribution is -0.169. The molecule has 0 spiro atoms. The molecule has 0 aromatic heterocycles. The van der Waals surface area contributed by atoms with Crippen molar-refractivity contribution >= 4 is 71.0 Å². The van der Waals surface area contributed by atoms with Crippen LogP contribution in [0, 0.1) is 125 Å². The van der Waals surface area contributed by atoms with Crippen molar-refractivity contribution in [1.82, 2.24) is 26.6 Å². The third kappa shape index (κ3) is 17.0. The number of hydrogen-bond acceptors (Lipinski definition) is 14. The Bertz CT molecular complexity index is 3170. The molecule has 578 valence electrons. The molecule has 16 rings (SSSR count). The first-order chi connectivity index (χ1) is 47.8. The van der Waals surface area contributed by atoms with Gasteiger partial charge < -0.3 is 9.47 Å². The minimum Gasteiger partial charge on any atom is -0.455 e. The van der Waals surface area contributed by atoms with Crippen LogP contribution in [0.25, 0.3) is 0 Å². The zero-order valence-corrected chi connectivity index (χ0v) is 66.6. The van der Waals surface area contributed by atoms with Gasteiger partial charge in [-0.05, 0) is 271 Å². The van der Waals surface area contributed by atoms with Gasteiger partial charge in [0.2, 0.25) is 47.3 Å². The first-order valence-corrected chi connectivity index (χ1v) is 40.4. The second-order valence-electron chi connectivity index (χ2n) is 39.8. The molecule has 0 aromatic rings. The number of amides is 10. The lowest BCUT2D eigenvalue weighted by Gasteiger charge is -2.56. The van der Waals surface area contributed by atoms with Crippen LogP contribution in [-0.4, -0.2) is 83.2 Å². The summed E-state index contributed by atoms with van der Waals surface area (Å²) in [5.74, 6) is 5.57. The monoisotopic (exact) mass is 1440 g/mol. The van der Waals surface area contributed by atoms with Crippen LogP contribution >= 0.6 is 0 Å². The molecule has 1 heterocycles. The molecule has 5 N–H and O–H groups in total. The normalized spacial score (nSPS) is 35.2. The summed E-state index contributed by atoms with van der Waals surface area (Å²) in [6.45, 7) is 33.5. The highest BCUT2D eigenvalue weighted by Crippen LogP contribution is 2.67. The Kier molecular flexibility index (Phi) is 24.1. The average molecular weight is 1440 g/mol. The topological polar surface area (TPSA) is 283 Å². The molecule has 19 nitrogen and oxygen atoms in total. The van der Waals surface area contributed by atoms with E-state index < -0.39 is 61.3 Å². The van der Waals surface area contributed by atoms with Gasteiger partial charge in [0.05, 0.1) is 21.7 Å². The minimum atomic E-state index is -1.22. The Morgan fingerprint density at radius 3 is 1.11 bits per heavy atom. The fourth-order valence-electron chi connectivity index (χ4n) is 21.8. The van der Waals surface area contributed by atoms with Gasteiger partial charge in [0.1, 0.15) is 0 Å². The highest BCUT2D eigenvalue weighted by Gasteiger charge is 2.76. The van der Waals surface area contributed by atoms with Crippen LogP contribution in [0.1, 0.15) is 317 Å². The largest absolute Gasteiger partial charge is 0.455 e. The zero-order valence-electron chi connectivity index (χ0n) is 66.6. The second-order valence-corrected chi connectivity index (χ2v) is 39.8. The van der Waals surface area contributed by atoms with Gasteiger partial charge in [-0.25, -0.2) is 0 Å². The first-order valence-electron chi connectivity index (χ1n) is 40.4. The number of fused-ring (bicyclic) bond motifs is 4. The van der Waals surface area contributed by atoms with E-state index in [0.717, 1.165) is 106 Å². The number of carbonyl (C=O) groups excluding carboxylic acids is 12. The van der Waals surface area contributed by atoms with E-state index in [9.17, 15) is 57.5 Å². The van der Waals surface area contributed by atoms with Crippen LogP contribution < -0.4 is 26.6 Å². The molecule has 19 heteroatoms. The van der Waals surface area contributed by atoms with E-state index in [2.05, 4.69) is 26.6 Å². The molecule has 5 atom stereocenters. The highest BCUT2D eigenvalue weighted by molar-refractivity contribution is 6.05. The number of rotatable bonds is 18. The van der Waals surface area contributed by atoms with Gasteiger partial charge in [-0.1, -0.05) is 110 Å². The molecule has 0 radical (unpaired) electrons. The van der Waals surface area contributed by atoms with Crippen molar-refractivity contribution in [2.24, 2.45) is 125 Å². The third-order valence-corrected chi connectivity index (χ3v) is 30.2. The predicted octanol–water partition coefficient (Wildman–Crippen LogP) is 14.5. The van der Waals surface area contributed by atoms with Gasteiger partial charge in [0.15, 0.2) is 12.2 Å². The second kappa shape index (κ2) is 30.4. The lowest BCUT2D eigenvalue weighted by Crippen LogP contribution is -2.56. The maximum atomic E-state index is 12.7. The molecule has 5 unspecified atom stereocenters. The molecular formula is C84H133N5O14. The summed E-state index contributed by atoms with van der Waals surface area (Å²) < 4.78 is 10.5. The fraction of sp³-hybridized carbons (Fsp3) is 0.857. The summed E-state index contributed by atoms with van der Waals surface area (Å²) in [5, 5.41) is 13.0. The Morgan fingerprint density at radius 1 is 0.408 bits per heavy atom. The fourth-order valence-corrected chi connectivity index (χ4v) is 21.8. The number of esters is 2. The predicted molar refractivity (Wildman–Crippen MR) is 392 cm³/mol. The van der Waals surface area contributed by atoms with Gasteiger partial charge in [-0.2, -0.15) is 0 Å². The van der Waals surface area contributed by atoms with E-state index in [0.29, 0.717) is 55.8 Å². The van der Waals surface area contributed by atoms with Crippen LogP contribution in [0.15, 0.2) is 0 Å². The van der Waals surface area contributed by atoms with Gasteiger partial charge in [-0.15, -0.1) is 0 Å². The standard InChI is InChI=1S/C19H29NO4.C18H29NO2.C17H27NO2.C16H25NO4.C14H23NO2/c1-4-18(2,3)17(23)24-11-15(21)20-16(22)19-8-12-5-13(9-19)7-14(6-12)10-19;1-4-17(2,3)16(21)19-15(20)11-18-8-12-5-13(9-18)7-14(6-12)10-18;1-4-16(2,3)14(19)18-15(20)17-8-11-5-12(9-17)7-13(6-11)10-17;1-7-13(2,3)10(18)17-11(19)16-9-8-15(6,12(20)21-16)14(16,4)5;1-4-14(2,3)13(17)15-12(16)11-8-9-5-6-10(11)7-9/h12-14H,4-11H2,1-3H3,(H,20,21,22);12-14H,4-11H2,1-3H3,(H,19,20,21);11-13H,4-10H2,1-3H3,(H,18,19,20);7-9H2,1-6H3,(H,17,18,19);9-11H,4-8H2,1-3H3,(H,15,16,17). The van der Waals surface area contributed by atoms with Crippen molar-refractivity contribution in [2.75, 3.05) is 6.61 Å². The quantitative estimate of drug-likeness (QED) is 0.0798. The van der Waals surface area contributed by atoms with Crippen molar-refractivity contribution in [3.05, 3.63) is 0 Å². The molecule has 16 fully saturated rings. The summed E-state index contributed by atoms with van der Waals surface area (Å²) in [6.07, 6.45) is 31.2. The molecular weight excluding hydrogens is 1300 g/mol. The van der Waals surface area contributed by atoms with Crippen LogP contribution in [-0.2, 0) is 67.0 Å². The van der Waals surface area contributed by atoms with Crippen LogP contribution in [0.2, 0.25) is 0 Å². The Balaban J connectivity index is 0.000000150. The van der Waals surface area contributed by atoms with E-state index in [-0.39, 0.29) is 82.0 Å². The third-order valence-electron chi connectivity index (χ3n) is 30.2. The van der Waals surface area contributed by atoms with Gasteiger partial charge in [0.25, 0.3) is 11.8 Å². The zero-order chi connectivity index (χ0) is 76.2. The molecule has 16 aliphatic rings. The van der Waals surface area contributed by atoms with Gasteiger partial charge >= 0.3 is 11.9 Å². The SMILES string of the molecule is CCC(C)(C)C(=O)NC(=O)C12CC3CC(CC(C3)C1)C2.CCC(C)(C)C(=O)NC(=O)C12CCC(C)(C(=O)O1)C2(C)C.CCC(C)(C)C(=O)NC(=O)C1CC2CCC1C2.CCC(C)(C)C(=O)NC(=O)CC12CC3CC(CC(C3)C1)C2.CCC(C)(C)C(=O)OCC(=O)NC(=O)C12CC3CC(CC(C3)C1)C2. The summed E-state index contributed by atoms with van der Waals surface area (Å²) in [4.78, 5) is 147. The highest BCUT2D eigenvalue weighted by atomic mass is 16.6.